The minimum atomic E-state index is -3.86. The van der Waals surface area contributed by atoms with Crippen molar-refractivity contribution >= 4 is 24.0 Å². The van der Waals surface area contributed by atoms with Crippen molar-refractivity contribution in [3.05, 3.63) is 34.4 Å². The third-order valence-corrected chi connectivity index (χ3v) is 10.4. The van der Waals surface area contributed by atoms with Crippen LogP contribution >= 0.6 is 0 Å². The fourth-order valence-electron chi connectivity index (χ4n) is 2.00. The van der Waals surface area contributed by atoms with Crippen molar-refractivity contribution in [2.45, 2.75) is 63.2 Å². The number of hydrogen-bond acceptors (Lipinski definition) is 5. The Hall–Kier alpha value is -1.29. The van der Waals surface area contributed by atoms with E-state index < -0.39 is 28.9 Å². The van der Waals surface area contributed by atoms with Gasteiger partial charge in [-0.1, -0.05) is 26.8 Å². The molecule has 1 aromatic rings. The van der Waals surface area contributed by atoms with Crippen LogP contribution in [0.5, 0.6) is 0 Å². The molecule has 1 aromatic carbocycles. The van der Waals surface area contributed by atoms with Crippen LogP contribution in [-0.2, 0) is 14.4 Å². The molecule has 25 heavy (non-hydrogen) atoms. The average molecular weight is 389 g/mol. The molecule has 0 heterocycles. The van der Waals surface area contributed by atoms with E-state index in [0.29, 0.717) is 0 Å². The first kappa shape index (κ1) is 21.7. The van der Waals surface area contributed by atoms with Crippen LogP contribution in [-0.4, -0.2) is 33.8 Å². The van der Waals surface area contributed by atoms with Crippen molar-refractivity contribution in [2.24, 2.45) is 0 Å². The number of rotatable bonds is 7. The fraction of sp³-hybridized carbons (Fsp3) is 0.625. The minimum absolute atomic E-state index is 0.00316. The van der Waals surface area contributed by atoms with Crippen LogP contribution in [0.15, 0.2) is 29.2 Å². The van der Waals surface area contributed by atoms with Gasteiger partial charge in [0, 0.05) is 18.7 Å². The molecule has 0 bridgehead atoms. The fourth-order valence-corrected chi connectivity index (χ4v) is 4.99. The van der Waals surface area contributed by atoms with Crippen molar-refractivity contribution in [1.29, 1.82) is 0 Å². The Labute approximate surface area is 151 Å². The number of nitrogens with one attached hydrogen (secondary N) is 1. The van der Waals surface area contributed by atoms with Crippen molar-refractivity contribution in [3.8, 4) is 0 Å². The van der Waals surface area contributed by atoms with Crippen LogP contribution in [0.25, 0.3) is 0 Å². The first-order chi connectivity index (χ1) is 11.1. The molecule has 0 saturated heterocycles. The molecule has 0 aliphatic rings. The molecule has 7 nitrogen and oxygen atoms in total. The molecule has 0 atom stereocenters. The highest BCUT2D eigenvalue weighted by atomic mass is 32.2. The molecular formula is C16H28N2O5SSi. The van der Waals surface area contributed by atoms with Gasteiger partial charge in [-0.15, -0.1) is 0 Å². The molecule has 1 N–H and O–H groups in total. The smallest absolute Gasteiger partial charge is 0.270 e. The number of hydrogen-bond donors (Lipinski definition) is 1. The maximum atomic E-state index is 12.4. The Morgan fingerprint density at radius 3 is 2.24 bits per heavy atom. The summed E-state index contributed by atoms with van der Waals surface area (Å²) in [4.78, 5) is 10.1. The lowest BCUT2D eigenvalue weighted by atomic mass is 10.1. The molecule has 9 heteroatoms. The van der Waals surface area contributed by atoms with Gasteiger partial charge in [0.05, 0.1) is 15.4 Å². The zero-order chi connectivity index (χ0) is 19.7. The number of nitro benzene ring substituents is 1. The van der Waals surface area contributed by atoms with E-state index in [9.17, 15) is 18.5 Å². The number of sulfonamides is 1. The number of benzene rings is 1. The predicted octanol–water partition coefficient (Wildman–Crippen LogP) is 3.67. The molecule has 0 unspecified atom stereocenters. The van der Waals surface area contributed by atoms with Crippen molar-refractivity contribution in [1.82, 2.24) is 4.72 Å². The van der Waals surface area contributed by atoms with E-state index >= 15 is 0 Å². The van der Waals surface area contributed by atoms with Gasteiger partial charge >= 0.3 is 0 Å². The summed E-state index contributed by atoms with van der Waals surface area (Å²) in [7, 11) is -5.92. The molecule has 142 valence electrons. The highest BCUT2D eigenvalue weighted by Gasteiger charge is 2.41. The highest BCUT2D eigenvalue weighted by molar-refractivity contribution is 7.89. The second kappa shape index (κ2) is 7.14. The van der Waals surface area contributed by atoms with E-state index in [1.54, 1.807) is 0 Å². The largest absolute Gasteiger partial charge is 0.411 e. The zero-order valence-electron chi connectivity index (χ0n) is 15.9. The van der Waals surface area contributed by atoms with Crippen molar-refractivity contribution in [2.75, 3.05) is 6.54 Å². The van der Waals surface area contributed by atoms with Crippen LogP contribution in [0.3, 0.4) is 0 Å². The van der Waals surface area contributed by atoms with Crippen LogP contribution in [0.2, 0.25) is 18.1 Å². The Bertz CT molecular complexity index is 739. The zero-order valence-corrected chi connectivity index (χ0v) is 17.7. The first-order valence-electron chi connectivity index (χ1n) is 8.02. The van der Waals surface area contributed by atoms with Crippen molar-refractivity contribution in [3.63, 3.8) is 0 Å². The summed E-state index contributed by atoms with van der Waals surface area (Å²) < 4.78 is 33.7. The van der Waals surface area contributed by atoms with Crippen LogP contribution in [0, 0.1) is 10.1 Å². The molecule has 0 spiro atoms. The highest BCUT2D eigenvalue weighted by Crippen LogP contribution is 2.39. The molecular weight excluding hydrogens is 360 g/mol. The molecule has 0 aliphatic carbocycles. The number of nitro groups is 1. The summed E-state index contributed by atoms with van der Waals surface area (Å²) in [5.41, 5.74) is -0.962. The van der Waals surface area contributed by atoms with Crippen LogP contribution < -0.4 is 4.72 Å². The SMILES string of the molecule is CC(C)(CNS(=O)(=O)c1cccc([N+](=O)[O-])c1)O[Si](C)(C)C(C)(C)C. The Kier molecular flexibility index (Phi) is 6.21. The van der Waals surface area contributed by atoms with Gasteiger partial charge in [0.2, 0.25) is 10.0 Å². The van der Waals surface area contributed by atoms with Gasteiger partial charge in [-0.05, 0) is 38.0 Å². The van der Waals surface area contributed by atoms with Gasteiger partial charge in [0.25, 0.3) is 5.69 Å². The minimum Gasteiger partial charge on any atom is -0.411 e. The average Bonchev–Trinajstić information content (AvgIpc) is 2.43. The maximum Gasteiger partial charge on any atom is 0.270 e. The molecule has 0 fully saturated rings. The van der Waals surface area contributed by atoms with Gasteiger partial charge in [0.1, 0.15) is 0 Å². The van der Waals surface area contributed by atoms with E-state index in [2.05, 4.69) is 38.6 Å². The number of nitrogens with zero attached hydrogens (tertiary/aromatic N) is 1. The molecule has 0 aliphatic heterocycles. The normalized spacial score (nSPS) is 13.7. The Morgan fingerprint density at radius 2 is 1.76 bits per heavy atom. The van der Waals surface area contributed by atoms with E-state index in [-0.39, 0.29) is 22.2 Å². The molecule has 0 saturated carbocycles. The summed E-state index contributed by atoms with van der Waals surface area (Å²) in [6, 6.07) is 4.98. The van der Waals surface area contributed by atoms with E-state index in [0.717, 1.165) is 6.07 Å². The topological polar surface area (TPSA) is 98.5 Å². The second-order valence-electron chi connectivity index (χ2n) is 8.20. The van der Waals surface area contributed by atoms with Gasteiger partial charge < -0.3 is 4.43 Å². The Morgan fingerprint density at radius 1 is 1.20 bits per heavy atom. The Balaban J connectivity index is 2.91. The summed E-state index contributed by atoms with van der Waals surface area (Å²) in [6.45, 7) is 14.3. The lowest BCUT2D eigenvalue weighted by Gasteiger charge is -2.42. The molecule has 0 radical (unpaired) electrons. The van der Waals surface area contributed by atoms with Gasteiger partial charge in [-0.2, -0.15) is 0 Å². The van der Waals surface area contributed by atoms with E-state index in [4.69, 9.17) is 4.43 Å². The number of non-ortho nitro benzene ring substituents is 1. The van der Waals surface area contributed by atoms with E-state index in [1.807, 2.05) is 13.8 Å². The molecule has 0 aromatic heterocycles. The van der Waals surface area contributed by atoms with Gasteiger partial charge in [0.15, 0.2) is 8.32 Å². The second-order valence-corrected chi connectivity index (χ2v) is 14.7. The maximum absolute atomic E-state index is 12.4. The quantitative estimate of drug-likeness (QED) is 0.436. The summed E-state index contributed by atoms with van der Waals surface area (Å²) in [5.74, 6) is 0. The summed E-state index contributed by atoms with van der Waals surface area (Å²) in [5, 5.41) is 10.8. The van der Waals surface area contributed by atoms with E-state index in [1.165, 1.54) is 18.2 Å². The molecule has 0 amide bonds. The lowest BCUT2D eigenvalue weighted by molar-refractivity contribution is -0.385. The van der Waals surface area contributed by atoms with Crippen LogP contribution in [0.4, 0.5) is 5.69 Å². The molecule has 1 rings (SSSR count). The first-order valence-corrected chi connectivity index (χ1v) is 12.4. The predicted molar refractivity (Wildman–Crippen MR) is 101 cm³/mol. The standard InChI is InChI=1S/C16H28N2O5SSi/c1-15(2,3)25(6,7)23-16(4,5)12-17-24(21,22)14-10-8-9-13(11-14)18(19)20/h8-11,17H,12H2,1-7H3. The van der Waals surface area contributed by atoms with Gasteiger partial charge in [-0.3, -0.25) is 10.1 Å². The third kappa shape index (κ3) is 5.88. The van der Waals surface area contributed by atoms with Crippen molar-refractivity contribution < 1.29 is 17.8 Å². The lowest BCUT2D eigenvalue weighted by Crippen LogP contribution is -2.51. The summed E-state index contributed by atoms with van der Waals surface area (Å²) in [6.07, 6.45) is 0. The monoisotopic (exact) mass is 388 g/mol. The summed E-state index contributed by atoms with van der Waals surface area (Å²) >= 11 is 0. The van der Waals surface area contributed by atoms with Crippen LogP contribution in [0.1, 0.15) is 34.6 Å². The van der Waals surface area contributed by atoms with Gasteiger partial charge in [-0.25, -0.2) is 13.1 Å². The third-order valence-electron chi connectivity index (χ3n) is 4.36.